The van der Waals surface area contributed by atoms with Crippen molar-refractivity contribution in [2.75, 3.05) is 32.7 Å². The summed E-state index contributed by atoms with van der Waals surface area (Å²) < 4.78 is 28.0. The molecule has 150 valence electrons. The number of carbonyl (C=O) groups is 1. The fraction of sp³-hybridized carbons (Fsp3) is 0.350. The number of nitrogens with zero attached hydrogens (tertiary/aromatic N) is 2. The molecule has 0 radical (unpaired) electrons. The van der Waals surface area contributed by atoms with E-state index in [2.05, 4.69) is 21.2 Å². The second-order valence-electron chi connectivity index (χ2n) is 6.78. The lowest BCUT2D eigenvalue weighted by Gasteiger charge is -2.34. The Balaban J connectivity index is 1.50. The highest BCUT2D eigenvalue weighted by Crippen LogP contribution is 2.18. The molecule has 2 aromatic carbocycles. The number of carbonyl (C=O) groups excluding carboxylic acids is 1. The van der Waals surface area contributed by atoms with Gasteiger partial charge in [-0.3, -0.25) is 0 Å². The minimum Gasteiger partial charge on any atom is -0.338 e. The van der Waals surface area contributed by atoms with Crippen molar-refractivity contribution >= 4 is 32.0 Å². The van der Waals surface area contributed by atoms with Crippen LogP contribution in [-0.2, 0) is 16.4 Å². The van der Waals surface area contributed by atoms with Gasteiger partial charge in [0.25, 0.3) is 0 Å². The van der Waals surface area contributed by atoms with Crippen LogP contribution in [0.15, 0.2) is 57.9 Å². The van der Waals surface area contributed by atoms with Gasteiger partial charge in [-0.2, -0.15) is 4.31 Å². The highest BCUT2D eigenvalue weighted by atomic mass is 79.9. The van der Waals surface area contributed by atoms with E-state index in [-0.39, 0.29) is 6.03 Å². The van der Waals surface area contributed by atoms with Crippen molar-refractivity contribution in [1.29, 1.82) is 0 Å². The van der Waals surface area contributed by atoms with E-state index in [9.17, 15) is 13.2 Å². The first-order chi connectivity index (χ1) is 13.4. The van der Waals surface area contributed by atoms with Gasteiger partial charge in [0, 0.05) is 37.2 Å². The van der Waals surface area contributed by atoms with Crippen molar-refractivity contribution in [3.05, 3.63) is 64.1 Å². The number of hydrogen-bond donors (Lipinski definition) is 1. The van der Waals surface area contributed by atoms with Gasteiger partial charge in [0.15, 0.2) is 0 Å². The maximum absolute atomic E-state index is 12.7. The molecule has 1 heterocycles. The molecule has 1 saturated heterocycles. The van der Waals surface area contributed by atoms with Crippen molar-refractivity contribution in [3.8, 4) is 0 Å². The molecule has 1 aliphatic heterocycles. The number of sulfonamides is 1. The molecular weight excluding hydrogens is 442 g/mol. The van der Waals surface area contributed by atoms with Crippen LogP contribution in [0.5, 0.6) is 0 Å². The Morgan fingerprint density at radius 2 is 1.68 bits per heavy atom. The number of aryl methyl sites for hydroxylation is 1. The van der Waals surface area contributed by atoms with Crippen LogP contribution in [-0.4, -0.2) is 56.4 Å². The third-order valence-corrected chi connectivity index (χ3v) is 7.50. The summed E-state index contributed by atoms with van der Waals surface area (Å²) in [6, 6.07) is 14.6. The molecule has 2 aromatic rings. The van der Waals surface area contributed by atoms with E-state index in [1.807, 2.05) is 31.2 Å². The largest absolute Gasteiger partial charge is 0.338 e. The van der Waals surface area contributed by atoms with E-state index in [1.54, 1.807) is 29.2 Å². The molecule has 0 aromatic heterocycles. The van der Waals surface area contributed by atoms with Gasteiger partial charge in [-0.05, 0) is 37.1 Å². The van der Waals surface area contributed by atoms with E-state index in [0.717, 1.165) is 22.0 Å². The number of amides is 2. The topological polar surface area (TPSA) is 69.7 Å². The Labute approximate surface area is 174 Å². The Morgan fingerprint density at radius 1 is 1.04 bits per heavy atom. The summed E-state index contributed by atoms with van der Waals surface area (Å²) in [6.45, 7) is 3.81. The van der Waals surface area contributed by atoms with Crippen LogP contribution in [0.3, 0.4) is 0 Å². The standard InChI is InChI=1S/C20H24BrN3O3S/c1-16-6-8-18(9-7-16)28(26,27)24-14-12-23(13-15-24)20(25)22-11-10-17-4-2-3-5-19(17)21/h2-9H,10-15H2,1H3,(H,22,25). The highest BCUT2D eigenvalue weighted by molar-refractivity contribution is 9.10. The number of nitrogens with one attached hydrogen (secondary N) is 1. The van der Waals surface area contributed by atoms with Gasteiger partial charge >= 0.3 is 6.03 Å². The molecule has 0 spiro atoms. The molecule has 0 saturated carbocycles. The second-order valence-corrected chi connectivity index (χ2v) is 9.57. The molecule has 2 amide bonds. The average molecular weight is 466 g/mol. The molecule has 1 aliphatic rings. The predicted molar refractivity (Wildman–Crippen MR) is 113 cm³/mol. The molecule has 1 N–H and O–H groups in total. The lowest BCUT2D eigenvalue weighted by molar-refractivity contribution is 0.172. The van der Waals surface area contributed by atoms with Gasteiger partial charge in [0.1, 0.15) is 0 Å². The van der Waals surface area contributed by atoms with Gasteiger partial charge in [-0.25, -0.2) is 13.2 Å². The maximum Gasteiger partial charge on any atom is 0.317 e. The average Bonchev–Trinajstić information content (AvgIpc) is 2.70. The first-order valence-corrected chi connectivity index (χ1v) is 11.4. The molecule has 0 atom stereocenters. The fourth-order valence-corrected chi connectivity index (χ4v) is 5.01. The van der Waals surface area contributed by atoms with Crippen LogP contribution in [0, 0.1) is 6.92 Å². The Hall–Kier alpha value is -1.90. The SMILES string of the molecule is Cc1ccc(S(=O)(=O)N2CCN(C(=O)NCCc3ccccc3Br)CC2)cc1. The Kier molecular flexibility index (Phi) is 6.74. The van der Waals surface area contributed by atoms with Crippen LogP contribution in [0.4, 0.5) is 4.79 Å². The zero-order valence-electron chi connectivity index (χ0n) is 15.8. The number of hydrogen-bond acceptors (Lipinski definition) is 3. The Morgan fingerprint density at radius 3 is 2.32 bits per heavy atom. The number of halogens is 1. The molecule has 8 heteroatoms. The third-order valence-electron chi connectivity index (χ3n) is 4.81. The van der Waals surface area contributed by atoms with Crippen molar-refractivity contribution in [1.82, 2.24) is 14.5 Å². The molecule has 0 bridgehead atoms. The quantitative estimate of drug-likeness (QED) is 0.737. The van der Waals surface area contributed by atoms with Gasteiger partial charge in [0.05, 0.1) is 4.90 Å². The minimum absolute atomic E-state index is 0.153. The van der Waals surface area contributed by atoms with Gasteiger partial charge in [0.2, 0.25) is 10.0 Å². The maximum atomic E-state index is 12.7. The summed E-state index contributed by atoms with van der Waals surface area (Å²) >= 11 is 3.50. The zero-order valence-corrected chi connectivity index (χ0v) is 18.2. The minimum atomic E-state index is -3.52. The lowest BCUT2D eigenvalue weighted by atomic mass is 10.1. The molecule has 6 nitrogen and oxygen atoms in total. The fourth-order valence-electron chi connectivity index (χ4n) is 3.11. The van der Waals surface area contributed by atoms with Crippen molar-refractivity contribution in [3.63, 3.8) is 0 Å². The molecule has 0 unspecified atom stereocenters. The number of piperazine rings is 1. The van der Waals surface area contributed by atoms with Crippen molar-refractivity contribution in [2.24, 2.45) is 0 Å². The predicted octanol–water partition coefficient (Wildman–Crippen LogP) is 3.02. The summed E-state index contributed by atoms with van der Waals surface area (Å²) in [5.74, 6) is 0. The molecule has 28 heavy (non-hydrogen) atoms. The lowest BCUT2D eigenvalue weighted by Crippen LogP contribution is -2.53. The van der Waals surface area contributed by atoms with Crippen LogP contribution >= 0.6 is 15.9 Å². The first-order valence-electron chi connectivity index (χ1n) is 9.21. The van der Waals surface area contributed by atoms with Crippen LogP contribution in [0.2, 0.25) is 0 Å². The monoisotopic (exact) mass is 465 g/mol. The Bertz CT molecular complexity index is 924. The van der Waals surface area contributed by atoms with Crippen LogP contribution in [0.1, 0.15) is 11.1 Å². The van der Waals surface area contributed by atoms with Gasteiger partial charge in [-0.1, -0.05) is 51.8 Å². The van der Waals surface area contributed by atoms with Crippen LogP contribution in [0.25, 0.3) is 0 Å². The van der Waals surface area contributed by atoms with Crippen LogP contribution < -0.4 is 5.32 Å². The normalized spacial score (nSPS) is 15.4. The zero-order chi connectivity index (χ0) is 20.1. The molecule has 0 aliphatic carbocycles. The van der Waals surface area contributed by atoms with E-state index in [1.165, 1.54) is 4.31 Å². The van der Waals surface area contributed by atoms with E-state index >= 15 is 0 Å². The number of benzene rings is 2. The smallest absolute Gasteiger partial charge is 0.317 e. The highest BCUT2D eigenvalue weighted by Gasteiger charge is 2.29. The van der Waals surface area contributed by atoms with Gasteiger partial charge in [-0.15, -0.1) is 0 Å². The first kappa shape index (κ1) is 20.8. The van der Waals surface area contributed by atoms with E-state index in [4.69, 9.17) is 0 Å². The summed E-state index contributed by atoms with van der Waals surface area (Å²) in [4.78, 5) is 14.3. The third kappa shape index (κ3) is 4.92. The summed E-state index contributed by atoms with van der Waals surface area (Å²) in [5, 5.41) is 2.92. The van der Waals surface area contributed by atoms with Crippen molar-refractivity contribution < 1.29 is 13.2 Å². The van der Waals surface area contributed by atoms with E-state index < -0.39 is 10.0 Å². The van der Waals surface area contributed by atoms with Gasteiger partial charge < -0.3 is 10.2 Å². The molecule has 1 fully saturated rings. The second kappa shape index (κ2) is 9.07. The number of rotatable bonds is 5. The number of urea groups is 1. The van der Waals surface area contributed by atoms with E-state index in [0.29, 0.717) is 37.6 Å². The van der Waals surface area contributed by atoms with Crippen molar-refractivity contribution in [2.45, 2.75) is 18.2 Å². The molecule has 3 rings (SSSR count). The summed E-state index contributed by atoms with van der Waals surface area (Å²) in [6.07, 6.45) is 0.731. The summed E-state index contributed by atoms with van der Waals surface area (Å²) in [5.41, 5.74) is 2.15. The molecular formula is C20H24BrN3O3S. The summed E-state index contributed by atoms with van der Waals surface area (Å²) in [7, 11) is -3.52.